The van der Waals surface area contributed by atoms with Crippen LogP contribution in [0.4, 0.5) is 0 Å². The number of oxazole rings is 1. The van der Waals surface area contributed by atoms with Crippen LogP contribution in [0.15, 0.2) is 28.1 Å². The first-order chi connectivity index (χ1) is 5.84. The molecule has 0 spiro atoms. The van der Waals surface area contributed by atoms with Gasteiger partial charge >= 0.3 is 0 Å². The van der Waals surface area contributed by atoms with Gasteiger partial charge in [-0.3, -0.25) is 0 Å². The Morgan fingerprint density at radius 2 is 2.42 bits per heavy atom. The summed E-state index contributed by atoms with van der Waals surface area (Å²) >= 11 is 3.15. The maximum absolute atomic E-state index is 4.81. The normalized spacial score (nSPS) is 10.4. The summed E-state index contributed by atoms with van der Waals surface area (Å²) in [6.07, 6.45) is 4.59. The van der Waals surface area contributed by atoms with Gasteiger partial charge in [0.15, 0.2) is 6.39 Å². The van der Waals surface area contributed by atoms with E-state index in [9.17, 15) is 0 Å². The van der Waals surface area contributed by atoms with Gasteiger partial charge in [-0.2, -0.15) is 0 Å². The van der Waals surface area contributed by atoms with Crippen LogP contribution in [0, 0.1) is 0 Å². The molecule has 0 aromatic carbocycles. The number of rotatable bonds is 2. The van der Waals surface area contributed by atoms with E-state index in [1.54, 1.807) is 17.3 Å². The largest absolute Gasteiger partial charge is 0.451 e. The van der Waals surface area contributed by atoms with Crippen molar-refractivity contribution in [1.82, 2.24) is 19.7 Å². The molecule has 6 heteroatoms. The second-order valence-electron chi connectivity index (χ2n) is 2.19. The Morgan fingerprint density at radius 3 is 3.00 bits per heavy atom. The molecule has 0 aliphatic heterocycles. The van der Waals surface area contributed by atoms with Crippen LogP contribution in [-0.4, -0.2) is 19.7 Å². The standard InChI is InChI=1S/C6H5BrN4O/c7-6-8-3-11(10-6)1-5-2-12-4-9-5/h2-4H,1H2. The topological polar surface area (TPSA) is 56.7 Å². The molecular formula is C6H5BrN4O. The van der Waals surface area contributed by atoms with Crippen LogP contribution in [0.2, 0.25) is 0 Å². The fraction of sp³-hybridized carbons (Fsp3) is 0.167. The third-order valence-electron chi connectivity index (χ3n) is 1.32. The molecule has 0 aliphatic carbocycles. The quantitative estimate of drug-likeness (QED) is 0.772. The van der Waals surface area contributed by atoms with Crippen molar-refractivity contribution in [3.8, 4) is 0 Å². The Kier molecular flexibility index (Phi) is 1.91. The zero-order valence-electron chi connectivity index (χ0n) is 6.01. The third-order valence-corrected chi connectivity index (χ3v) is 1.68. The molecule has 0 radical (unpaired) electrons. The highest BCUT2D eigenvalue weighted by atomic mass is 79.9. The van der Waals surface area contributed by atoms with Crippen molar-refractivity contribution >= 4 is 15.9 Å². The average Bonchev–Trinajstić information content (AvgIpc) is 2.63. The minimum atomic E-state index is 0.575. The smallest absolute Gasteiger partial charge is 0.217 e. The lowest BCUT2D eigenvalue weighted by molar-refractivity contribution is 0.554. The van der Waals surface area contributed by atoms with Crippen LogP contribution in [0.25, 0.3) is 0 Å². The van der Waals surface area contributed by atoms with E-state index in [1.807, 2.05) is 0 Å². The van der Waals surface area contributed by atoms with Gasteiger partial charge in [-0.1, -0.05) is 0 Å². The number of hydrogen-bond acceptors (Lipinski definition) is 4. The summed E-state index contributed by atoms with van der Waals surface area (Å²) < 4.78 is 7.05. The predicted molar refractivity (Wildman–Crippen MR) is 43.3 cm³/mol. The van der Waals surface area contributed by atoms with E-state index in [1.165, 1.54) is 6.39 Å². The molecule has 0 saturated carbocycles. The molecule has 0 bridgehead atoms. The van der Waals surface area contributed by atoms with E-state index in [0.29, 0.717) is 11.3 Å². The molecular weight excluding hydrogens is 224 g/mol. The van der Waals surface area contributed by atoms with Gasteiger partial charge in [-0.25, -0.2) is 14.6 Å². The van der Waals surface area contributed by atoms with E-state index in [-0.39, 0.29) is 0 Å². The van der Waals surface area contributed by atoms with E-state index < -0.39 is 0 Å². The highest BCUT2D eigenvalue weighted by Crippen LogP contribution is 2.01. The summed E-state index contributed by atoms with van der Waals surface area (Å²) in [5.74, 6) is 0. The molecule has 2 heterocycles. The minimum absolute atomic E-state index is 0.575. The Labute approximate surface area is 76.6 Å². The SMILES string of the molecule is Brc1ncn(Cc2cocn2)n1. The first-order valence-electron chi connectivity index (χ1n) is 3.26. The maximum atomic E-state index is 4.81. The first-order valence-corrected chi connectivity index (χ1v) is 4.06. The third kappa shape index (κ3) is 1.53. The Hall–Kier alpha value is -1.17. The van der Waals surface area contributed by atoms with Crippen molar-refractivity contribution in [2.45, 2.75) is 6.54 Å². The van der Waals surface area contributed by atoms with Crippen LogP contribution < -0.4 is 0 Å². The fourth-order valence-corrected chi connectivity index (χ4v) is 1.12. The molecule has 62 valence electrons. The van der Waals surface area contributed by atoms with Crippen molar-refractivity contribution < 1.29 is 4.42 Å². The summed E-state index contributed by atoms with van der Waals surface area (Å²) in [5, 5.41) is 4.03. The van der Waals surface area contributed by atoms with Gasteiger partial charge < -0.3 is 4.42 Å². The Morgan fingerprint density at radius 1 is 1.50 bits per heavy atom. The van der Waals surface area contributed by atoms with Gasteiger partial charge in [0.1, 0.15) is 18.3 Å². The van der Waals surface area contributed by atoms with Gasteiger partial charge in [0, 0.05) is 0 Å². The predicted octanol–water partition coefficient (Wildman–Crippen LogP) is 1.08. The summed E-state index contributed by atoms with van der Waals surface area (Å²) in [6, 6.07) is 0. The van der Waals surface area contributed by atoms with E-state index in [0.717, 1.165) is 5.69 Å². The number of nitrogens with zero attached hydrogens (tertiary/aromatic N) is 4. The monoisotopic (exact) mass is 228 g/mol. The van der Waals surface area contributed by atoms with Crippen molar-refractivity contribution in [3.63, 3.8) is 0 Å². The number of aromatic nitrogens is 4. The maximum Gasteiger partial charge on any atom is 0.217 e. The molecule has 5 nitrogen and oxygen atoms in total. The molecule has 0 unspecified atom stereocenters. The molecule has 0 N–H and O–H groups in total. The summed E-state index contributed by atoms with van der Waals surface area (Å²) in [4.78, 5) is 7.86. The van der Waals surface area contributed by atoms with Crippen molar-refractivity contribution in [2.24, 2.45) is 0 Å². The molecule has 0 aliphatic rings. The van der Waals surface area contributed by atoms with Gasteiger partial charge in [0.2, 0.25) is 4.73 Å². The zero-order chi connectivity index (χ0) is 8.39. The second kappa shape index (κ2) is 3.06. The average molecular weight is 229 g/mol. The van der Waals surface area contributed by atoms with Crippen molar-refractivity contribution in [2.75, 3.05) is 0 Å². The highest BCUT2D eigenvalue weighted by Gasteiger charge is 1.99. The highest BCUT2D eigenvalue weighted by molar-refractivity contribution is 9.10. The van der Waals surface area contributed by atoms with E-state index >= 15 is 0 Å². The molecule has 0 atom stereocenters. The molecule has 2 aromatic rings. The zero-order valence-corrected chi connectivity index (χ0v) is 7.60. The summed E-state index contributed by atoms with van der Waals surface area (Å²) in [6.45, 7) is 0.578. The van der Waals surface area contributed by atoms with Crippen LogP contribution >= 0.6 is 15.9 Å². The van der Waals surface area contributed by atoms with Crippen molar-refractivity contribution in [1.29, 1.82) is 0 Å². The first kappa shape index (κ1) is 7.48. The van der Waals surface area contributed by atoms with Gasteiger partial charge in [0.05, 0.1) is 6.54 Å². The van der Waals surface area contributed by atoms with Gasteiger partial charge in [-0.05, 0) is 15.9 Å². The summed E-state index contributed by atoms with van der Waals surface area (Å²) in [5.41, 5.74) is 0.826. The molecule has 0 amide bonds. The lowest BCUT2D eigenvalue weighted by Gasteiger charge is -1.92. The van der Waals surface area contributed by atoms with Crippen LogP contribution in [0.3, 0.4) is 0 Å². The molecule has 2 aromatic heterocycles. The second-order valence-corrected chi connectivity index (χ2v) is 2.90. The molecule has 0 fully saturated rings. The van der Waals surface area contributed by atoms with E-state index in [2.05, 4.69) is 31.0 Å². The Balaban J connectivity index is 2.14. The Bertz CT molecular complexity index is 355. The van der Waals surface area contributed by atoms with Gasteiger partial charge in [0.25, 0.3) is 0 Å². The minimum Gasteiger partial charge on any atom is -0.451 e. The number of hydrogen-bond donors (Lipinski definition) is 0. The van der Waals surface area contributed by atoms with E-state index in [4.69, 9.17) is 4.42 Å². The lowest BCUT2D eigenvalue weighted by Crippen LogP contribution is -1.99. The molecule has 2 rings (SSSR count). The lowest BCUT2D eigenvalue weighted by atomic mass is 10.5. The molecule has 0 saturated heterocycles. The van der Waals surface area contributed by atoms with Crippen molar-refractivity contribution in [3.05, 3.63) is 29.4 Å². The fourth-order valence-electron chi connectivity index (χ4n) is 0.830. The van der Waals surface area contributed by atoms with Gasteiger partial charge in [-0.15, -0.1) is 5.10 Å². The number of halogens is 1. The van der Waals surface area contributed by atoms with Crippen LogP contribution in [0.1, 0.15) is 5.69 Å². The summed E-state index contributed by atoms with van der Waals surface area (Å²) in [7, 11) is 0. The van der Waals surface area contributed by atoms with Crippen LogP contribution in [0.5, 0.6) is 0 Å². The molecule has 12 heavy (non-hydrogen) atoms. The van der Waals surface area contributed by atoms with Crippen LogP contribution in [-0.2, 0) is 6.54 Å².